The number of benzene rings is 2. The summed E-state index contributed by atoms with van der Waals surface area (Å²) in [6.07, 6.45) is 3.93. The van der Waals surface area contributed by atoms with Crippen molar-refractivity contribution in [2.24, 2.45) is 5.92 Å². The second kappa shape index (κ2) is 6.45. The Balaban J connectivity index is 2.08. The van der Waals surface area contributed by atoms with Crippen molar-refractivity contribution in [2.45, 2.75) is 37.7 Å². The van der Waals surface area contributed by atoms with E-state index in [2.05, 4.69) is 0 Å². The smallest absolute Gasteiger partial charge is 0.133 e. The first kappa shape index (κ1) is 15.0. The molecule has 0 saturated heterocycles. The van der Waals surface area contributed by atoms with E-state index in [-0.39, 0.29) is 11.7 Å². The van der Waals surface area contributed by atoms with Crippen molar-refractivity contribution in [1.82, 2.24) is 0 Å². The third kappa shape index (κ3) is 2.84. The van der Waals surface area contributed by atoms with Gasteiger partial charge in [-0.2, -0.15) is 0 Å². The molecule has 22 heavy (non-hydrogen) atoms. The molecule has 0 bridgehead atoms. The fourth-order valence-corrected chi connectivity index (χ4v) is 3.57. The number of carbonyl (C=O) groups is 1. The van der Waals surface area contributed by atoms with E-state index in [1.165, 1.54) is 0 Å². The predicted molar refractivity (Wildman–Crippen MR) is 87.5 cm³/mol. The molecule has 114 valence electrons. The third-order valence-electron chi connectivity index (χ3n) is 4.75. The summed E-state index contributed by atoms with van der Waals surface area (Å²) in [6.45, 7) is 0. The zero-order valence-corrected chi connectivity index (χ0v) is 12.7. The van der Waals surface area contributed by atoms with E-state index in [1.807, 2.05) is 60.7 Å². The summed E-state index contributed by atoms with van der Waals surface area (Å²) in [5, 5.41) is 11.7. The summed E-state index contributed by atoms with van der Waals surface area (Å²) >= 11 is 0. The number of hydrogen-bond donors (Lipinski definition) is 1. The maximum atomic E-state index is 12.1. The van der Waals surface area contributed by atoms with Crippen molar-refractivity contribution < 1.29 is 9.90 Å². The monoisotopic (exact) mass is 294 g/mol. The van der Waals surface area contributed by atoms with Crippen molar-refractivity contribution in [3.05, 3.63) is 71.8 Å². The maximum absolute atomic E-state index is 12.1. The Bertz CT molecular complexity index is 579. The Kier molecular flexibility index (Phi) is 4.39. The maximum Gasteiger partial charge on any atom is 0.133 e. The van der Waals surface area contributed by atoms with Gasteiger partial charge in [0.05, 0.1) is 0 Å². The molecular weight excluding hydrogens is 272 g/mol. The van der Waals surface area contributed by atoms with Gasteiger partial charge < -0.3 is 5.11 Å². The lowest BCUT2D eigenvalue weighted by atomic mass is 9.73. The highest BCUT2D eigenvalue weighted by Gasteiger charge is 2.41. The average molecular weight is 294 g/mol. The van der Waals surface area contributed by atoms with Crippen LogP contribution in [0.25, 0.3) is 0 Å². The van der Waals surface area contributed by atoms with Gasteiger partial charge >= 0.3 is 0 Å². The quantitative estimate of drug-likeness (QED) is 0.866. The van der Waals surface area contributed by atoms with E-state index in [0.717, 1.165) is 30.4 Å². The lowest BCUT2D eigenvalue weighted by molar-refractivity contribution is -0.121. The molecule has 1 aliphatic rings. The van der Waals surface area contributed by atoms with Gasteiger partial charge in [-0.3, -0.25) is 4.79 Å². The molecular formula is C20H22O2. The van der Waals surface area contributed by atoms with Gasteiger partial charge in [-0.05, 0) is 24.0 Å². The fourth-order valence-electron chi connectivity index (χ4n) is 3.57. The molecule has 0 aliphatic heterocycles. The SMILES string of the molecule is O=C1CCCCC(C(O)(c2ccccc2)c2ccccc2)C1. The summed E-state index contributed by atoms with van der Waals surface area (Å²) in [5.74, 6) is 0.208. The second-order valence-corrected chi connectivity index (χ2v) is 6.18. The predicted octanol–water partition coefficient (Wildman–Crippen LogP) is 4.07. The van der Waals surface area contributed by atoms with Gasteiger partial charge in [0, 0.05) is 18.8 Å². The average Bonchev–Trinajstić information content (AvgIpc) is 2.80. The fraction of sp³-hybridized carbons (Fsp3) is 0.350. The van der Waals surface area contributed by atoms with E-state index in [0.29, 0.717) is 12.8 Å². The van der Waals surface area contributed by atoms with Crippen LogP contribution >= 0.6 is 0 Å². The molecule has 1 atom stereocenters. The Morgan fingerprint density at radius 3 is 1.95 bits per heavy atom. The minimum Gasteiger partial charge on any atom is -0.380 e. The minimum absolute atomic E-state index is 0.0627. The van der Waals surface area contributed by atoms with Crippen molar-refractivity contribution >= 4 is 5.78 Å². The summed E-state index contributed by atoms with van der Waals surface area (Å²) in [4.78, 5) is 12.1. The molecule has 0 spiro atoms. The topological polar surface area (TPSA) is 37.3 Å². The van der Waals surface area contributed by atoms with Gasteiger partial charge in [-0.15, -0.1) is 0 Å². The van der Waals surface area contributed by atoms with Crippen molar-refractivity contribution in [1.29, 1.82) is 0 Å². The van der Waals surface area contributed by atoms with Gasteiger partial charge in [-0.1, -0.05) is 67.1 Å². The largest absolute Gasteiger partial charge is 0.380 e. The molecule has 0 aromatic heterocycles. The summed E-state index contributed by atoms with van der Waals surface area (Å²) in [7, 11) is 0. The van der Waals surface area contributed by atoms with Crippen molar-refractivity contribution in [2.75, 3.05) is 0 Å². The Hall–Kier alpha value is -1.93. The normalized spacial score (nSPS) is 19.7. The molecule has 0 amide bonds. The molecule has 2 aromatic carbocycles. The van der Waals surface area contributed by atoms with E-state index < -0.39 is 5.60 Å². The first-order valence-corrected chi connectivity index (χ1v) is 8.06. The number of ketones is 1. The molecule has 1 aliphatic carbocycles. The van der Waals surface area contributed by atoms with Crippen molar-refractivity contribution in [3.63, 3.8) is 0 Å². The number of hydrogen-bond acceptors (Lipinski definition) is 2. The van der Waals surface area contributed by atoms with Crippen LogP contribution in [0.3, 0.4) is 0 Å². The van der Waals surface area contributed by atoms with E-state index in [1.54, 1.807) is 0 Å². The standard InChI is InChI=1S/C20H22O2/c21-19-14-8-7-13-18(15-19)20(22,16-9-3-1-4-10-16)17-11-5-2-6-12-17/h1-6,9-12,18,22H,7-8,13-15H2. The number of carbonyl (C=O) groups excluding carboxylic acids is 1. The third-order valence-corrected chi connectivity index (χ3v) is 4.75. The van der Waals surface area contributed by atoms with E-state index in [4.69, 9.17) is 0 Å². The van der Waals surface area contributed by atoms with Crippen LogP contribution in [0.1, 0.15) is 43.2 Å². The van der Waals surface area contributed by atoms with E-state index in [9.17, 15) is 9.90 Å². The van der Waals surface area contributed by atoms with Crippen LogP contribution in [0.2, 0.25) is 0 Å². The summed E-state index contributed by atoms with van der Waals surface area (Å²) < 4.78 is 0. The minimum atomic E-state index is -1.09. The zero-order chi connectivity index (χ0) is 15.4. The molecule has 3 rings (SSSR count). The zero-order valence-electron chi connectivity index (χ0n) is 12.7. The number of Topliss-reactive ketones (excluding diaryl/α,β-unsaturated/α-hetero) is 1. The number of aliphatic hydroxyl groups is 1. The molecule has 2 aromatic rings. The van der Waals surface area contributed by atoms with Crippen LogP contribution in [-0.2, 0) is 10.4 Å². The molecule has 1 N–H and O–H groups in total. The van der Waals surface area contributed by atoms with Gasteiger partial charge in [0.2, 0.25) is 0 Å². The lowest BCUT2D eigenvalue weighted by Gasteiger charge is -2.37. The first-order chi connectivity index (χ1) is 10.7. The van der Waals surface area contributed by atoms with Crippen LogP contribution in [0, 0.1) is 5.92 Å². The van der Waals surface area contributed by atoms with E-state index >= 15 is 0 Å². The highest BCUT2D eigenvalue weighted by atomic mass is 16.3. The van der Waals surface area contributed by atoms with Crippen LogP contribution < -0.4 is 0 Å². The lowest BCUT2D eigenvalue weighted by Crippen LogP contribution is -2.37. The van der Waals surface area contributed by atoms with Gasteiger partial charge in [-0.25, -0.2) is 0 Å². The highest BCUT2D eigenvalue weighted by Crippen LogP contribution is 2.42. The Morgan fingerprint density at radius 2 is 1.41 bits per heavy atom. The summed E-state index contributed by atoms with van der Waals surface area (Å²) in [5.41, 5.74) is 0.657. The second-order valence-electron chi connectivity index (χ2n) is 6.18. The summed E-state index contributed by atoms with van der Waals surface area (Å²) in [6, 6.07) is 19.5. The molecule has 1 saturated carbocycles. The highest BCUT2D eigenvalue weighted by molar-refractivity contribution is 5.79. The van der Waals surface area contributed by atoms with Gasteiger partial charge in [0.25, 0.3) is 0 Å². The molecule has 0 heterocycles. The van der Waals surface area contributed by atoms with Gasteiger partial charge in [0.15, 0.2) is 0 Å². The molecule has 0 radical (unpaired) electrons. The van der Waals surface area contributed by atoms with Gasteiger partial charge in [0.1, 0.15) is 11.4 Å². The Labute approximate surface area is 131 Å². The molecule has 1 unspecified atom stereocenters. The first-order valence-electron chi connectivity index (χ1n) is 8.06. The van der Waals surface area contributed by atoms with Crippen LogP contribution in [0.15, 0.2) is 60.7 Å². The van der Waals surface area contributed by atoms with Crippen LogP contribution in [0.4, 0.5) is 0 Å². The number of rotatable bonds is 3. The van der Waals surface area contributed by atoms with Crippen molar-refractivity contribution in [3.8, 4) is 0 Å². The van der Waals surface area contributed by atoms with Crippen LogP contribution in [0.5, 0.6) is 0 Å². The molecule has 2 heteroatoms. The molecule has 1 fully saturated rings. The molecule has 2 nitrogen and oxygen atoms in total. The van der Waals surface area contributed by atoms with Crippen LogP contribution in [-0.4, -0.2) is 10.9 Å². The Morgan fingerprint density at radius 1 is 0.864 bits per heavy atom.